The molecule has 0 unspecified atom stereocenters. The van der Waals surface area contributed by atoms with Gasteiger partial charge in [-0.25, -0.2) is 13.1 Å². The zero-order chi connectivity index (χ0) is 22.9. The van der Waals surface area contributed by atoms with Gasteiger partial charge >= 0.3 is 0 Å². The summed E-state index contributed by atoms with van der Waals surface area (Å²) in [5.74, 6) is 0.149. The molecule has 1 aliphatic rings. The van der Waals surface area contributed by atoms with Gasteiger partial charge in [-0.3, -0.25) is 4.79 Å². The summed E-state index contributed by atoms with van der Waals surface area (Å²) in [7, 11) is -4.18. The Morgan fingerprint density at radius 3 is 2.75 bits per heavy atom. The van der Waals surface area contributed by atoms with Crippen molar-refractivity contribution in [2.75, 3.05) is 23.4 Å². The smallest absolute Gasteiger partial charge is 0.267 e. The number of aliphatic hydroxyl groups is 1. The Balaban J connectivity index is 1.61. The summed E-state index contributed by atoms with van der Waals surface area (Å²) in [5.41, 5.74) is 1.48. The second-order valence-electron chi connectivity index (χ2n) is 6.77. The topological polar surface area (TPSA) is 140 Å². The van der Waals surface area contributed by atoms with E-state index >= 15 is 0 Å². The second-order valence-corrected chi connectivity index (χ2v) is 9.72. The van der Waals surface area contributed by atoms with E-state index in [0.717, 1.165) is 16.9 Å². The number of rotatable bonds is 8. The molecular weight excluding hydrogens is 482 g/mol. The molecule has 0 aliphatic carbocycles. The number of carbonyl (C=O) groups is 1. The van der Waals surface area contributed by atoms with Crippen LogP contribution in [-0.4, -0.2) is 38.0 Å². The number of nitrogens with zero attached hydrogens (tertiary/aromatic N) is 1. The first-order valence-electron chi connectivity index (χ1n) is 9.37. The van der Waals surface area contributed by atoms with Crippen molar-refractivity contribution < 1.29 is 32.3 Å². The van der Waals surface area contributed by atoms with Crippen molar-refractivity contribution in [1.82, 2.24) is 5.16 Å². The van der Waals surface area contributed by atoms with E-state index in [1.807, 2.05) is 0 Å². The Bertz CT molecular complexity index is 1270. The number of benzene rings is 1. The maximum absolute atomic E-state index is 13.0. The van der Waals surface area contributed by atoms with E-state index < -0.39 is 15.9 Å². The van der Waals surface area contributed by atoms with Crippen LogP contribution < -0.4 is 19.5 Å². The predicted molar refractivity (Wildman–Crippen MR) is 117 cm³/mol. The molecule has 1 amide bonds. The highest BCUT2D eigenvalue weighted by molar-refractivity contribution is 7.93. The third-order valence-corrected chi connectivity index (χ3v) is 7.45. The lowest BCUT2D eigenvalue weighted by Crippen LogP contribution is -2.19. The summed E-state index contributed by atoms with van der Waals surface area (Å²) in [6.07, 6.45) is 0.950. The van der Waals surface area contributed by atoms with Crippen molar-refractivity contribution in [2.24, 2.45) is 0 Å². The molecule has 1 aliphatic heterocycles. The van der Waals surface area contributed by atoms with Crippen molar-refractivity contribution in [2.45, 2.75) is 24.7 Å². The number of amides is 1. The average Bonchev–Trinajstić information content (AvgIpc) is 3.49. The van der Waals surface area contributed by atoms with Gasteiger partial charge < -0.3 is 24.4 Å². The number of hydrogen-bond acceptors (Lipinski definition) is 9. The summed E-state index contributed by atoms with van der Waals surface area (Å²) in [4.78, 5) is 12.8. The largest absolute Gasteiger partial charge is 0.454 e. The van der Waals surface area contributed by atoms with E-state index in [2.05, 4.69) is 15.2 Å². The monoisotopic (exact) mass is 499 g/mol. The van der Waals surface area contributed by atoms with Crippen LogP contribution in [0, 0.1) is 6.92 Å². The van der Waals surface area contributed by atoms with Gasteiger partial charge in [0.15, 0.2) is 11.5 Å². The molecule has 3 heterocycles. The van der Waals surface area contributed by atoms with E-state index in [1.165, 1.54) is 11.4 Å². The lowest BCUT2D eigenvalue weighted by atomic mass is 10.1. The van der Waals surface area contributed by atoms with Gasteiger partial charge in [0.25, 0.3) is 21.8 Å². The first kappa shape index (κ1) is 22.4. The molecule has 10 nitrogen and oxygen atoms in total. The number of halogens is 1. The van der Waals surface area contributed by atoms with E-state index in [-0.39, 0.29) is 34.1 Å². The molecule has 0 atom stereocenters. The van der Waals surface area contributed by atoms with Crippen LogP contribution in [0.25, 0.3) is 0 Å². The SMILES string of the molecule is Cc1noc(NS(=O)(=O)c2ccsc2C(=O)Nc2cc3c(cc2CCCO)OCO3)c1Cl. The van der Waals surface area contributed by atoms with Crippen LogP contribution in [-0.2, 0) is 16.4 Å². The first-order valence-corrected chi connectivity index (χ1v) is 12.1. The Kier molecular flexibility index (Phi) is 6.29. The molecule has 1 aromatic carbocycles. The fourth-order valence-electron chi connectivity index (χ4n) is 3.03. The van der Waals surface area contributed by atoms with Crippen LogP contribution in [0.3, 0.4) is 0 Å². The van der Waals surface area contributed by atoms with E-state index in [1.54, 1.807) is 19.1 Å². The van der Waals surface area contributed by atoms with Crippen LogP contribution in [0.5, 0.6) is 11.5 Å². The third-order valence-electron chi connectivity index (χ3n) is 4.59. The average molecular weight is 500 g/mol. The van der Waals surface area contributed by atoms with Gasteiger partial charge in [-0.2, -0.15) is 0 Å². The van der Waals surface area contributed by atoms with Crippen molar-refractivity contribution in [3.63, 3.8) is 0 Å². The number of aryl methyl sites for hydroxylation is 2. The van der Waals surface area contributed by atoms with Gasteiger partial charge in [-0.15, -0.1) is 11.3 Å². The van der Waals surface area contributed by atoms with Crippen LogP contribution in [0.15, 0.2) is 33.0 Å². The fraction of sp³-hybridized carbons (Fsp3) is 0.263. The molecular formula is C19H18ClN3O7S2. The van der Waals surface area contributed by atoms with Crippen molar-refractivity contribution in [3.8, 4) is 11.5 Å². The second kappa shape index (κ2) is 8.98. The molecule has 3 aromatic rings. The Morgan fingerprint density at radius 1 is 1.31 bits per heavy atom. The number of sulfonamides is 1. The molecule has 0 bridgehead atoms. The predicted octanol–water partition coefficient (Wildman–Crippen LogP) is 3.40. The number of ether oxygens (including phenoxy) is 2. The maximum atomic E-state index is 13.0. The van der Waals surface area contributed by atoms with Gasteiger partial charge in [0.1, 0.15) is 20.5 Å². The Morgan fingerprint density at radius 2 is 2.06 bits per heavy atom. The molecule has 0 radical (unpaired) electrons. The molecule has 3 N–H and O–H groups in total. The van der Waals surface area contributed by atoms with Crippen molar-refractivity contribution in [3.05, 3.63) is 44.7 Å². The van der Waals surface area contributed by atoms with E-state index in [4.69, 9.17) is 25.6 Å². The highest BCUT2D eigenvalue weighted by Gasteiger charge is 2.28. The van der Waals surface area contributed by atoms with E-state index in [0.29, 0.717) is 35.7 Å². The minimum atomic E-state index is -4.18. The van der Waals surface area contributed by atoms with Crippen molar-refractivity contribution >= 4 is 50.4 Å². The van der Waals surface area contributed by atoms with Gasteiger partial charge in [-0.1, -0.05) is 16.8 Å². The van der Waals surface area contributed by atoms with E-state index in [9.17, 15) is 18.3 Å². The summed E-state index contributed by atoms with van der Waals surface area (Å²) in [5, 5.41) is 17.0. The highest BCUT2D eigenvalue weighted by Crippen LogP contribution is 2.38. The lowest BCUT2D eigenvalue weighted by molar-refractivity contribution is 0.102. The lowest BCUT2D eigenvalue weighted by Gasteiger charge is -2.13. The van der Waals surface area contributed by atoms with Crippen molar-refractivity contribution in [1.29, 1.82) is 0 Å². The summed E-state index contributed by atoms with van der Waals surface area (Å²) in [6.45, 7) is 1.60. The molecule has 170 valence electrons. The molecule has 13 heteroatoms. The van der Waals surface area contributed by atoms with Crippen LogP contribution in [0.2, 0.25) is 5.02 Å². The molecule has 2 aromatic heterocycles. The molecule has 0 spiro atoms. The minimum absolute atomic E-state index is 0.0233. The summed E-state index contributed by atoms with van der Waals surface area (Å²) in [6, 6.07) is 4.66. The quantitative estimate of drug-likeness (QED) is 0.428. The number of carbonyl (C=O) groups excluding carboxylic acids is 1. The Hall–Kier alpha value is -2.80. The number of hydrogen-bond donors (Lipinski definition) is 3. The Labute approximate surface area is 192 Å². The number of thiophene rings is 1. The standard InChI is InChI=1S/C19H18ClN3O7S2/c1-10-16(20)19(30-22-10)23-32(26,27)15-4-6-31-17(15)18(25)21-12-8-14-13(28-9-29-14)7-11(12)3-2-5-24/h4,6-8,23-24H,2-3,5,9H2,1H3,(H,21,25). The number of nitrogens with one attached hydrogen (secondary N) is 2. The van der Waals surface area contributed by atoms with Crippen LogP contribution >= 0.6 is 22.9 Å². The van der Waals surface area contributed by atoms with Gasteiger partial charge in [-0.05, 0) is 42.8 Å². The molecule has 0 saturated heterocycles. The molecule has 32 heavy (non-hydrogen) atoms. The molecule has 0 fully saturated rings. The third kappa shape index (κ3) is 4.39. The van der Waals surface area contributed by atoms with Crippen LogP contribution in [0.4, 0.5) is 11.6 Å². The van der Waals surface area contributed by atoms with Gasteiger partial charge in [0, 0.05) is 18.4 Å². The number of fused-ring (bicyclic) bond motifs is 1. The van der Waals surface area contributed by atoms with Crippen LogP contribution in [0.1, 0.15) is 27.3 Å². The molecule has 0 saturated carbocycles. The zero-order valence-corrected chi connectivity index (χ0v) is 19.1. The van der Waals surface area contributed by atoms with Gasteiger partial charge in [0.2, 0.25) is 6.79 Å². The van der Waals surface area contributed by atoms with Gasteiger partial charge in [0.05, 0.1) is 0 Å². The zero-order valence-electron chi connectivity index (χ0n) is 16.7. The maximum Gasteiger partial charge on any atom is 0.267 e. The number of anilines is 2. The highest BCUT2D eigenvalue weighted by atomic mass is 35.5. The summed E-state index contributed by atoms with van der Waals surface area (Å²) < 4.78 is 43.6. The first-order chi connectivity index (χ1) is 15.3. The number of aromatic nitrogens is 1. The minimum Gasteiger partial charge on any atom is -0.454 e. The molecule has 4 rings (SSSR count). The number of aliphatic hydroxyl groups excluding tert-OH is 1. The normalized spacial score (nSPS) is 12.7. The summed E-state index contributed by atoms with van der Waals surface area (Å²) >= 11 is 6.96. The fourth-order valence-corrected chi connectivity index (χ4v) is 5.52.